The Bertz CT molecular complexity index is 163. The van der Waals surface area contributed by atoms with Crippen molar-refractivity contribution in [2.75, 3.05) is 26.7 Å². The van der Waals surface area contributed by atoms with Crippen LogP contribution in [0, 0.1) is 0 Å². The van der Waals surface area contributed by atoms with Crippen molar-refractivity contribution in [3.8, 4) is 0 Å². The monoisotopic (exact) mass is 243 g/mol. The quantitative estimate of drug-likeness (QED) is 0.734. The zero-order valence-corrected chi connectivity index (χ0v) is 10.00. The van der Waals surface area contributed by atoms with Gasteiger partial charge in [0.15, 0.2) is 0 Å². The molecule has 0 spiro atoms. The van der Waals surface area contributed by atoms with Gasteiger partial charge >= 0.3 is 0 Å². The summed E-state index contributed by atoms with van der Waals surface area (Å²) in [6.07, 6.45) is 2.23. The first-order valence-electron chi connectivity index (χ1n) is 4.39. The summed E-state index contributed by atoms with van der Waals surface area (Å²) in [5.74, 6) is -0.240. The Morgan fingerprint density at radius 3 is 2.36 bits per heavy atom. The molecule has 0 bridgehead atoms. The summed E-state index contributed by atoms with van der Waals surface area (Å²) in [5, 5.41) is 3.28. The van der Waals surface area contributed by atoms with Crippen molar-refractivity contribution in [2.45, 2.75) is 18.9 Å². The van der Waals surface area contributed by atoms with Gasteiger partial charge in [0.1, 0.15) is 0 Å². The lowest BCUT2D eigenvalue weighted by atomic mass is 10.1. The van der Waals surface area contributed by atoms with E-state index < -0.39 is 0 Å². The Labute approximate surface area is 97.4 Å². The third-order valence-electron chi connectivity index (χ3n) is 2.34. The van der Waals surface area contributed by atoms with Crippen molar-refractivity contribution < 1.29 is 4.79 Å². The molecule has 1 amide bonds. The molecule has 0 atom stereocenters. The highest BCUT2D eigenvalue weighted by atomic mass is 35.5. The Morgan fingerprint density at radius 1 is 1.43 bits per heavy atom. The second kappa shape index (κ2) is 8.29. The lowest BCUT2D eigenvalue weighted by molar-refractivity contribution is -0.119. The molecule has 14 heavy (non-hydrogen) atoms. The largest absolute Gasteiger partial charge is 0.369 e. The van der Waals surface area contributed by atoms with Gasteiger partial charge in [-0.15, -0.1) is 24.8 Å². The van der Waals surface area contributed by atoms with Gasteiger partial charge in [-0.05, 0) is 33.0 Å². The smallest absolute Gasteiger partial charge is 0.231 e. The number of rotatable bonds is 3. The van der Waals surface area contributed by atoms with Gasteiger partial charge in [-0.1, -0.05) is 0 Å². The van der Waals surface area contributed by atoms with E-state index >= 15 is 0 Å². The molecular weight excluding hydrogens is 225 g/mol. The van der Waals surface area contributed by atoms with Gasteiger partial charge in [0, 0.05) is 6.04 Å². The predicted octanol–water partition coefficient (Wildman–Crippen LogP) is -0.000900. The van der Waals surface area contributed by atoms with Crippen LogP contribution in [-0.4, -0.2) is 43.5 Å². The fourth-order valence-electron chi connectivity index (χ4n) is 1.62. The average molecular weight is 244 g/mol. The maximum absolute atomic E-state index is 10.6. The van der Waals surface area contributed by atoms with Crippen molar-refractivity contribution in [1.29, 1.82) is 0 Å². The highest BCUT2D eigenvalue weighted by Gasteiger charge is 2.18. The standard InChI is InChI=1S/C8H17N3O.2ClH/c1-11(6-8(9)12)7-2-4-10-5-3-7;;/h7,10H,2-6H2,1H3,(H2,9,12);2*1H. The number of primary amides is 1. The summed E-state index contributed by atoms with van der Waals surface area (Å²) in [6, 6.07) is 0.527. The average Bonchev–Trinajstić information content (AvgIpc) is 2.05. The molecule has 0 unspecified atom stereocenters. The normalized spacial score (nSPS) is 17.0. The first-order chi connectivity index (χ1) is 5.70. The number of hydrogen-bond acceptors (Lipinski definition) is 3. The van der Waals surface area contributed by atoms with Crippen LogP contribution in [0.4, 0.5) is 0 Å². The van der Waals surface area contributed by atoms with Crippen molar-refractivity contribution in [2.24, 2.45) is 5.73 Å². The lowest BCUT2D eigenvalue weighted by Gasteiger charge is -2.30. The Morgan fingerprint density at radius 2 is 1.93 bits per heavy atom. The molecule has 1 rings (SSSR count). The van der Waals surface area contributed by atoms with Gasteiger partial charge in [0.25, 0.3) is 0 Å². The van der Waals surface area contributed by atoms with Crippen molar-refractivity contribution in [1.82, 2.24) is 10.2 Å². The molecule has 0 saturated carbocycles. The van der Waals surface area contributed by atoms with Crippen LogP contribution >= 0.6 is 24.8 Å². The molecule has 1 fully saturated rings. The second-order valence-corrected chi connectivity index (χ2v) is 3.36. The summed E-state index contributed by atoms with van der Waals surface area (Å²) in [7, 11) is 1.96. The zero-order valence-electron chi connectivity index (χ0n) is 8.36. The van der Waals surface area contributed by atoms with Crippen LogP contribution in [0.1, 0.15) is 12.8 Å². The Balaban J connectivity index is 0. The van der Waals surface area contributed by atoms with E-state index in [9.17, 15) is 4.79 Å². The number of carbonyl (C=O) groups excluding carboxylic acids is 1. The predicted molar refractivity (Wildman–Crippen MR) is 62.2 cm³/mol. The van der Waals surface area contributed by atoms with Gasteiger partial charge in [-0.25, -0.2) is 0 Å². The van der Waals surface area contributed by atoms with E-state index in [0.29, 0.717) is 12.6 Å². The fourth-order valence-corrected chi connectivity index (χ4v) is 1.62. The maximum atomic E-state index is 10.6. The molecule has 6 heteroatoms. The number of carbonyl (C=O) groups is 1. The minimum absolute atomic E-state index is 0. The molecule has 0 aromatic rings. The number of amides is 1. The third kappa shape index (κ3) is 5.65. The molecule has 1 saturated heterocycles. The number of nitrogens with two attached hydrogens (primary N) is 1. The van der Waals surface area contributed by atoms with E-state index in [1.165, 1.54) is 0 Å². The van der Waals surface area contributed by atoms with E-state index in [4.69, 9.17) is 5.73 Å². The summed E-state index contributed by atoms with van der Waals surface area (Å²) < 4.78 is 0. The Kier molecular flexibility index (Phi) is 9.72. The summed E-state index contributed by atoms with van der Waals surface area (Å²) in [6.45, 7) is 2.48. The molecule has 1 aliphatic heterocycles. The highest BCUT2D eigenvalue weighted by Crippen LogP contribution is 2.08. The van der Waals surface area contributed by atoms with Gasteiger partial charge < -0.3 is 11.1 Å². The molecule has 4 nitrogen and oxygen atoms in total. The van der Waals surface area contributed by atoms with Gasteiger partial charge in [-0.2, -0.15) is 0 Å². The van der Waals surface area contributed by atoms with E-state index in [-0.39, 0.29) is 30.7 Å². The minimum Gasteiger partial charge on any atom is -0.369 e. The van der Waals surface area contributed by atoms with Crippen LogP contribution in [0.5, 0.6) is 0 Å². The van der Waals surface area contributed by atoms with Crippen molar-refractivity contribution in [3.63, 3.8) is 0 Å². The first kappa shape index (κ1) is 16.4. The molecule has 1 heterocycles. The van der Waals surface area contributed by atoms with Gasteiger partial charge in [0.05, 0.1) is 6.54 Å². The molecule has 0 aliphatic carbocycles. The van der Waals surface area contributed by atoms with Crippen LogP contribution in [0.2, 0.25) is 0 Å². The maximum Gasteiger partial charge on any atom is 0.231 e. The zero-order chi connectivity index (χ0) is 8.97. The molecule has 0 aromatic carbocycles. The molecule has 3 N–H and O–H groups in total. The first-order valence-corrected chi connectivity index (χ1v) is 4.39. The van der Waals surface area contributed by atoms with Gasteiger partial charge in [-0.3, -0.25) is 9.69 Å². The number of likely N-dealkylation sites (N-methyl/N-ethyl adjacent to an activating group) is 1. The van der Waals surface area contributed by atoms with Crippen LogP contribution in [-0.2, 0) is 4.79 Å². The van der Waals surface area contributed by atoms with E-state index in [1.807, 2.05) is 11.9 Å². The molecule has 86 valence electrons. The number of halogens is 2. The van der Waals surface area contributed by atoms with Crippen LogP contribution in [0.25, 0.3) is 0 Å². The molecule has 0 aromatic heterocycles. The summed E-state index contributed by atoms with van der Waals surface area (Å²) >= 11 is 0. The third-order valence-corrected chi connectivity index (χ3v) is 2.34. The molecule has 0 radical (unpaired) electrons. The van der Waals surface area contributed by atoms with Crippen molar-refractivity contribution >= 4 is 30.7 Å². The molecule has 1 aliphatic rings. The van der Waals surface area contributed by atoms with E-state index in [2.05, 4.69) is 5.32 Å². The van der Waals surface area contributed by atoms with Gasteiger partial charge in [0.2, 0.25) is 5.91 Å². The van der Waals surface area contributed by atoms with Crippen LogP contribution in [0.3, 0.4) is 0 Å². The fraction of sp³-hybridized carbons (Fsp3) is 0.875. The molecular formula is C8H19Cl2N3O. The van der Waals surface area contributed by atoms with Crippen LogP contribution < -0.4 is 11.1 Å². The number of nitrogens with one attached hydrogen (secondary N) is 1. The highest BCUT2D eigenvalue weighted by molar-refractivity contribution is 5.85. The van der Waals surface area contributed by atoms with Crippen molar-refractivity contribution in [3.05, 3.63) is 0 Å². The van der Waals surface area contributed by atoms with Crippen LogP contribution in [0.15, 0.2) is 0 Å². The van der Waals surface area contributed by atoms with E-state index in [0.717, 1.165) is 25.9 Å². The topological polar surface area (TPSA) is 58.4 Å². The Hall–Kier alpha value is -0.0300. The van der Waals surface area contributed by atoms with E-state index in [1.54, 1.807) is 0 Å². The summed E-state index contributed by atoms with van der Waals surface area (Å²) in [4.78, 5) is 12.7. The minimum atomic E-state index is -0.240. The number of hydrogen-bond donors (Lipinski definition) is 2. The second-order valence-electron chi connectivity index (χ2n) is 3.36. The summed E-state index contributed by atoms with van der Waals surface area (Å²) in [5.41, 5.74) is 5.10. The lowest BCUT2D eigenvalue weighted by Crippen LogP contribution is -2.44. The number of piperidine rings is 1. The SMILES string of the molecule is CN(CC(N)=O)C1CCNCC1.Cl.Cl. The number of nitrogens with zero attached hydrogens (tertiary/aromatic N) is 1.